The molecule has 0 bridgehead atoms. The first-order valence-electron chi connectivity index (χ1n) is 8.58. The summed E-state index contributed by atoms with van der Waals surface area (Å²) in [4.78, 5) is 17.7. The van der Waals surface area contributed by atoms with Gasteiger partial charge in [-0.25, -0.2) is 8.78 Å². The molecule has 0 spiro atoms. The maximum absolute atomic E-state index is 13.8. The van der Waals surface area contributed by atoms with Gasteiger partial charge in [0.1, 0.15) is 5.75 Å². The molecule has 1 atom stereocenters. The Morgan fingerprint density at radius 3 is 2.60 bits per heavy atom. The number of benzene rings is 1. The Kier molecular flexibility index (Phi) is 5.24. The maximum atomic E-state index is 13.8. The van der Waals surface area contributed by atoms with Gasteiger partial charge in [0.25, 0.3) is 11.8 Å². The molecule has 5 nitrogen and oxygen atoms in total. The molecule has 0 aliphatic carbocycles. The average molecular weight is 353 g/mol. The molecule has 25 heavy (non-hydrogen) atoms. The monoisotopic (exact) mass is 353 g/mol. The van der Waals surface area contributed by atoms with Crippen LogP contribution in [0.15, 0.2) is 30.3 Å². The van der Waals surface area contributed by atoms with Gasteiger partial charge >= 0.3 is 0 Å². The predicted octanol–water partition coefficient (Wildman–Crippen LogP) is 1.55. The van der Waals surface area contributed by atoms with Crippen LogP contribution in [0.1, 0.15) is 6.42 Å². The lowest BCUT2D eigenvalue weighted by Gasteiger charge is -2.46. The van der Waals surface area contributed by atoms with E-state index in [4.69, 9.17) is 4.74 Å². The Morgan fingerprint density at radius 2 is 1.96 bits per heavy atom. The first-order chi connectivity index (χ1) is 11.8. The number of alkyl halides is 2. The molecule has 0 radical (unpaired) electrons. The largest absolute Gasteiger partial charge is 0.484 e. The van der Waals surface area contributed by atoms with Gasteiger partial charge in [0.15, 0.2) is 6.61 Å². The molecule has 3 rings (SSSR count). The lowest BCUT2D eigenvalue weighted by Crippen LogP contribution is -2.63. The Balaban J connectivity index is 1.48. The minimum Gasteiger partial charge on any atom is -0.484 e. The molecule has 2 heterocycles. The number of likely N-dealkylation sites (tertiary alicyclic amines) is 2. The maximum Gasteiger partial charge on any atom is 0.262 e. The zero-order valence-electron chi connectivity index (χ0n) is 14.7. The zero-order chi connectivity index (χ0) is 18.0. The van der Waals surface area contributed by atoms with Crippen LogP contribution in [0.4, 0.5) is 8.78 Å². The van der Waals surface area contributed by atoms with Crippen LogP contribution in [0.5, 0.6) is 5.75 Å². The van der Waals surface area contributed by atoms with Gasteiger partial charge in [-0.05, 0) is 26.2 Å². The van der Waals surface area contributed by atoms with Gasteiger partial charge in [-0.2, -0.15) is 0 Å². The highest BCUT2D eigenvalue weighted by molar-refractivity contribution is 5.78. The zero-order valence-corrected chi connectivity index (χ0v) is 14.7. The summed E-state index contributed by atoms with van der Waals surface area (Å²) < 4.78 is 33.1. The summed E-state index contributed by atoms with van der Waals surface area (Å²) in [5.74, 6) is -2.09. The minimum absolute atomic E-state index is 0.0130. The predicted molar refractivity (Wildman–Crippen MR) is 90.9 cm³/mol. The van der Waals surface area contributed by atoms with Crippen molar-refractivity contribution in [2.24, 2.45) is 0 Å². The van der Waals surface area contributed by atoms with E-state index in [0.29, 0.717) is 25.4 Å². The van der Waals surface area contributed by atoms with Gasteiger partial charge in [0, 0.05) is 38.1 Å². The minimum atomic E-state index is -2.64. The van der Waals surface area contributed by atoms with Crippen molar-refractivity contribution < 1.29 is 18.3 Å². The number of likely N-dealkylation sites (N-methyl/N-ethyl adjacent to an activating group) is 1. The highest BCUT2D eigenvalue weighted by Gasteiger charge is 2.50. The Bertz CT molecular complexity index is 591. The van der Waals surface area contributed by atoms with E-state index < -0.39 is 5.92 Å². The molecule has 2 fully saturated rings. The van der Waals surface area contributed by atoms with Gasteiger partial charge in [-0.1, -0.05) is 18.2 Å². The molecule has 0 N–H and O–H groups in total. The normalized spacial score (nSPS) is 23.7. The number of ether oxygens (including phenoxy) is 1. The van der Waals surface area contributed by atoms with Crippen molar-refractivity contribution in [1.82, 2.24) is 14.7 Å². The van der Waals surface area contributed by atoms with Crippen LogP contribution < -0.4 is 4.74 Å². The van der Waals surface area contributed by atoms with E-state index in [-0.39, 0.29) is 37.6 Å². The number of rotatable bonds is 6. The fraction of sp³-hybridized carbons (Fsp3) is 0.611. The number of carbonyl (C=O) groups is 1. The Labute approximate surface area is 147 Å². The van der Waals surface area contributed by atoms with Crippen molar-refractivity contribution in [3.8, 4) is 5.75 Å². The van der Waals surface area contributed by atoms with Crippen molar-refractivity contribution in [2.45, 2.75) is 24.4 Å². The molecule has 1 amide bonds. The number of carbonyl (C=O) groups excluding carboxylic acids is 1. The van der Waals surface area contributed by atoms with E-state index in [1.807, 2.05) is 42.1 Å². The average Bonchev–Trinajstić information content (AvgIpc) is 2.78. The number of hydrogen-bond donors (Lipinski definition) is 0. The van der Waals surface area contributed by atoms with Crippen LogP contribution in [0.2, 0.25) is 0 Å². The van der Waals surface area contributed by atoms with Crippen molar-refractivity contribution >= 4 is 5.91 Å². The van der Waals surface area contributed by atoms with Crippen LogP contribution in [0.3, 0.4) is 0 Å². The fourth-order valence-corrected chi connectivity index (χ4v) is 3.56. The van der Waals surface area contributed by atoms with Crippen LogP contribution in [-0.4, -0.2) is 85.5 Å². The summed E-state index contributed by atoms with van der Waals surface area (Å²) >= 11 is 0. The summed E-state index contributed by atoms with van der Waals surface area (Å²) in [5, 5.41) is 0. The standard InChI is InChI=1S/C18H25F2N3O2/c1-21(2)9-14-8-18(19,20)13-23(14)15-10-22(11-15)17(24)12-25-16-6-4-3-5-7-16/h3-7,14-15H,8-13H2,1-2H3/t14-/m0/s1. The Morgan fingerprint density at radius 1 is 1.28 bits per heavy atom. The summed E-state index contributed by atoms with van der Waals surface area (Å²) in [6.07, 6.45) is -0.104. The molecule has 0 unspecified atom stereocenters. The van der Waals surface area contributed by atoms with Gasteiger partial charge in [0.05, 0.1) is 6.54 Å². The summed E-state index contributed by atoms with van der Waals surface area (Å²) in [6, 6.07) is 9.02. The number of para-hydroxylation sites is 1. The van der Waals surface area contributed by atoms with Gasteiger partial charge in [-0.3, -0.25) is 9.69 Å². The highest BCUT2D eigenvalue weighted by atomic mass is 19.3. The molecule has 7 heteroatoms. The van der Waals surface area contributed by atoms with E-state index in [1.165, 1.54) is 0 Å². The summed E-state index contributed by atoms with van der Waals surface area (Å²) in [6.45, 7) is 1.37. The number of amides is 1. The van der Waals surface area contributed by atoms with E-state index in [9.17, 15) is 13.6 Å². The molecule has 0 saturated carbocycles. The van der Waals surface area contributed by atoms with Crippen LogP contribution in [-0.2, 0) is 4.79 Å². The third-order valence-electron chi connectivity index (χ3n) is 4.78. The SMILES string of the molecule is CN(C)C[C@@H]1CC(F)(F)CN1C1CN(C(=O)COc2ccccc2)C1. The van der Waals surface area contributed by atoms with E-state index in [1.54, 1.807) is 17.0 Å². The first-order valence-corrected chi connectivity index (χ1v) is 8.58. The quantitative estimate of drug-likeness (QED) is 0.778. The molecule has 0 aromatic heterocycles. The van der Waals surface area contributed by atoms with Crippen LogP contribution in [0.25, 0.3) is 0 Å². The van der Waals surface area contributed by atoms with Crippen molar-refractivity contribution in [2.75, 3.05) is 46.9 Å². The molecule has 138 valence electrons. The second-order valence-corrected chi connectivity index (χ2v) is 7.20. The van der Waals surface area contributed by atoms with Crippen LogP contribution in [0, 0.1) is 0 Å². The molecular weight excluding hydrogens is 328 g/mol. The van der Waals surface area contributed by atoms with E-state index >= 15 is 0 Å². The smallest absolute Gasteiger partial charge is 0.262 e. The van der Waals surface area contributed by atoms with Crippen molar-refractivity contribution in [3.63, 3.8) is 0 Å². The van der Waals surface area contributed by atoms with Crippen LogP contribution >= 0.6 is 0 Å². The molecular formula is C18H25F2N3O2. The molecule has 2 aliphatic heterocycles. The number of hydrogen-bond acceptors (Lipinski definition) is 4. The van der Waals surface area contributed by atoms with Crippen molar-refractivity contribution in [1.29, 1.82) is 0 Å². The lowest BCUT2D eigenvalue weighted by atomic mass is 10.1. The number of halogens is 2. The van der Waals surface area contributed by atoms with Gasteiger partial charge < -0.3 is 14.5 Å². The first kappa shape index (κ1) is 18.1. The van der Waals surface area contributed by atoms with E-state index in [0.717, 1.165) is 0 Å². The number of nitrogens with zero attached hydrogens (tertiary/aromatic N) is 3. The highest BCUT2D eigenvalue weighted by Crippen LogP contribution is 2.35. The molecule has 1 aromatic rings. The Hall–Kier alpha value is -1.73. The second-order valence-electron chi connectivity index (χ2n) is 7.20. The fourth-order valence-electron chi connectivity index (χ4n) is 3.56. The lowest BCUT2D eigenvalue weighted by molar-refractivity contribution is -0.141. The second kappa shape index (κ2) is 7.25. The van der Waals surface area contributed by atoms with Gasteiger partial charge in [-0.15, -0.1) is 0 Å². The summed E-state index contributed by atoms with van der Waals surface area (Å²) in [7, 11) is 3.79. The third-order valence-corrected chi connectivity index (χ3v) is 4.78. The molecule has 2 saturated heterocycles. The van der Waals surface area contributed by atoms with Crippen molar-refractivity contribution in [3.05, 3.63) is 30.3 Å². The summed E-state index contributed by atoms with van der Waals surface area (Å²) in [5.41, 5.74) is 0. The molecule has 2 aliphatic rings. The topological polar surface area (TPSA) is 36.0 Å². The third kappa shape index (κ3) is 4.46. The van der Waals surface area contributed by atoms with E-state index in [2.05, 4.69) is 0 Å². The van der Waals surface area contributed by atoms with Gasteiger partial charge in [0.2, 0.25) is 0 Å². The molecule has 1 aromatic carbocycles.